The smallest absolute Gasteiger partial charge is 0.266 e. The van der Waals surface area contributed by atoms with Crippen molar-refractivity contribution >= 4 is 5.69 Å². The number of alkyl halides is 2. The first kappa shape index (κ1) is 10.3. The highest BCUT2D eigenvalue weighted by molar-refractivity contribution is 5.44. The Labute approximate surface area is 86.9 Å². The minimum absolute atomic E-state index is 0.232. The molecule has 1 aromatic rings. The van der Waals surface area contributed by atoms with Crippen LogP contribution in [0.2, 0.25) is 0 Å². The third-order valence-electron chi connectivity index (χ3n) is 2.45. The Morgan fingerprint density at radius 3 is 2.93 bits per heavy atom. The first-order chi connectivity index (χ1) is 7.07. The Balaban J connectivity index is 2.17. The van der Waals surface area contributed by atoms with Gasteiger partial charge >= 0.3 is 0 Å². The van der Waals surface area contributed by atoms with Gasteiger partial charge in [-0.2, -0.15) is 0 Å². The zero-order chi connectivity index (χ0) is 10.9. The molecule has 1 atom stereocenters. The predicted molar refractivity (Wildman–Crippen MR) is 54.0 cm³/mol. The van der Waals surface area contributed by atoms with Crippen LogP contribution in [0.1, 0.15) is 6.42 Å². The maximum Gasteiger partial charge on any atom is 0.266 e. The molecule has 1 aliphatic heterocycles. The van der Waals surface area contributed by atoms with E-state index in [9.17, 15) is 8.78 Å². The topological polar surface area (TPSA) is 42.1 Å². The standard InChI is InChI=1S/C10H13F2N3/c11-10(12)4-8(13)6-15(7-10)9-2-1-3-14-5-9/h1-3,5,8H,4,6-7,13H2. The molecule has 2 N–H and O–H groups in total. The van der Waals surface area contributed by atoms with Gasteiger partial charge in [0.2, 0.25) is 0 Å². The maximum absolute atomic E-state index is 13.2. The van der Waals surface area contributed by atoms with E-state index >= 15 is 0 Å². The van der Waals surface area contributed by atoms with Crippen LogP contribution in [-0.4, -0.2) is 30.0 Å². The number of nitrogens with two attached hydrogens (primary N) is 1. The van der Waals surface area contributed by atoms with E-state index in [1.807, 2.05) is 0 Å². The first-order valence-electron chi connectivity index (χ1n) is 4.85. The monoisotopic (exact) mass is 213 g/mol. The Kier molecular flexibility index (Phi) is 2.56. The molecule has 2 heterocycles. The molecular formula is C10H13F2N3. The Morgan fingerprint density at radius 2 is 2.33 bits per heavy atom. The molecule has 0 saturated carbocycles. The van der Waals surface area contributed by atoms with Crippen LogP contribution in [0.3, 0.4) is 0 Å². The number of hydrogen-bond acceptors (Lipinski definition) is 3. The molecule has 2 rings (SSSR count). The fraction of sp³-hybridized carbons (Fsp3) is 0.500. The third kappa shape index (κ3) is 2.41. The normalized spacial score (nSPS) is 25.3. The molecule has 0 bridgehead atoms. The predicted octanol–water partition coefficient (Wildman–Crippen LogP) is 1.25. The summed E-state index contributed by atoms with van der Waals surface area (Å²) in [6, 6.07) is 3.02. The van der Waals surface area contributed by atoms with Gasteiger partial charge in [0.25, 0.3) is 5.92 Å². The lowest BCUT2D eigenvalue weighted by molar-refractivity contribution is -0.0172. The number of rotatable bonds is 1. The Bertz CT molecular complexity index is 329. The summed E-state index contributed by atoms with van der Waals surface area (Å²) in [6.45, 7) is 0.188. The molecule has 0 aromatic carbocycles. The average Bonchev–Trinajstić information content (AvgIpc) is 2.16. The van der Waals surface area contributed by atoms with Gasteiger partial charge in [-0.05, 0) is 12.1 Å². The van der Waals surface area contributed by atoms with Crippen molar-refractivity contribution in [2.75, 3.05) is 18.0 Å². The summed E-state index contributed by atoms with van der Waals surface area (Å²) in [4.78, 5) is 5.49. The van der Waals surface area contributed by atoms with Crippen molar-refractivity contribution in [2.45, 2.75) is 18.4 Å². The number of pyridine rings is 1. The van der Waals surface area contributed by atoms with Gasteiger partial charge < -0.3 is 10.6 Å². The van der Waals surface area contributed by atoms with Crippen LogP contribution in [0.25, 0.3) is 0 Å². The third-order valence-corrected chi connectivity index (χ3v) is 2.45. The quantitative estimate of drug-likeness (QED) is 0.763. The first-order valence-corrected chi connectivity index (χ1v) is 4.85. The lowest BCUT2D eigenvalue weighted by atomic mass is 10.0. The molecule has 5 heteroatoms. The van der Waals surface area contributed by atoms with Crippen LogP contribution in [0.4, 0.5) is 14.5 Å². The molecule has 0 spiro atoms. The van der Waals surface area contributed by atoms with Crippen molar-refractivity contribution in [3.63, 3.8) is 0 Å². The van der Waals surface area contributed by atoms with E-state index in [4.69, 9.17) is 5.73 Å². The minimum Gasteiger partial charge on any atom is -0.363 e. The zero-order valence-corrected chi connectivity index (χ0v) is 8.24. The van der Waals surface area contributed by atoms with Crippen molar-refractivity contribution in [2.24, 2.45) is 5.73 Å². The van der Waals surface area contributed by atoms with Gasteiger partial charge in [0, 0.05) is 25.2 Å². The van der Waals surface area contributed by atoms with E-state index < -0.39 is 12.0 Å². The van der Waals surface area contributed by atoms with Crippen LogP contribution in [0.5, 0.6) is 0 Å². The largest absolute Gasteiger partial charge is 0.363 e. The molecule has 1 saturated heterocycles. The summed E-state index contributed by atoms with van der Waals surface area (Å²) in [5.41, 5.74) is 6.30. The molecule has 1 fully saturated rings. The van der Waals surface area contributed by atoms with Crippen LogP contribution in [0, 0.1) is 0 Å². The van der Waals surface area contributed by atoms with Crippen molar-refractivity contribution in [1.82, 2.24) is 4.98 Å². The number of halogens is 2. The maximum atomic E-state index is 13.2. The summed E-state index contributed by atoms with van der Waals surface area (Å²) < 4.78 is 26.5. The molecule has 1 aromatic heterocycles. The summed E-state index contributed by atoms with van der Waals surface area (Å²) in [7, 11) is 0. The SMILES string of the molecule is NC1CN(c2cccnc2)CC(F)(F)C1. The van der Waals surface area contributed by atoms with Crippen LogP contribution in [-0.2, 0) is 0 Å². The van der Waals surface area contributed by atoms with Crippen molar-refractivity contribution in [1.29, 1.82) is 0 Å². The van der Waals surface area contributed by atoms with Gasteiger partial charge in [0.05, 0.1) is 18.4 Å². The van der Waals surface area contributed by atoms with E-state index in [0.717, 1.165) is 0 Å². The number of aromatic nitrogens is 1. The second-order valence-corrected chi connectivity index (χ2v) is 3.91. The summed E-state index contributed by atoms with van der Waals surface area (Å²) in [5, 5.41) is 0. The van der Waals surface area contributed by atoms with Crippen molar-refractivity contribution in [3.8, 4) is 0 Å². The number of anilines is 1. The summed E-state index contributed by atoms with van der Waals surface area (Å²) in [6.07, 6.45) is 2.96. The van der Waals surface area contributed by atoms with Gasteiger partial charge in [0.15, 0.2) is 0 Å². The van der Waals surface area contributed by atoms with Crippen LogP contribution >= 0.6 is 0 Å². The second-order valence-electron chi connectivity index (χ2n) is 3.91. The van der Waals surface area contributed by atoms with Crippen LogP contribution < -0.4 is 10.6 Å². The number of piperidine rings is 1. The van der Waals surface area contributed by atoms with Gasteiger partial charge in [0.1, 0.15) is 0 Å². The molecule has 1 aliphatic rings. The van der Waals surface area contributed by atoms with Crippen molar-refractivity contribution < 1.29 is 8.78 Å². The van der Waals surface area contributed by atoms with Gasteiger partial charge in [-0.15, -0.1) is 0 Å². The Hall–Kier alpha value is -1.23. The van der Waals surface area contributed by atoms with Crippen LogP contribution in [0.15, 0.2) is 24.5 Å². The summed E-state index contributed by atoms with van der Waals surface area (Å²) in [5.74, 6) is -2.70. The lowest BCUT2D eigenvalue weighted by Gasteiger charge is -2.37. The fourth-order valence-electron chi connectivity index (χ4n) is 1.88. The number of nitrogens with zero attached hydrogens (tertiary/aromatic N) is 2. The summed E-state index contributed by atoms with van der Waals surface area (Å²) >= 11 is 0. The van der Waals surface area contributed by atoms with Gasteiger partial charge in [-0.25, -0.2) is 8.78 Å². The minimum atomic E-state index is -2.70. The molecule has 0 aliphatic carbocycles. The highest BCUT2D eigenvalue weighted by Crippen LogP contribution is 2.28. The molecule has 1 unspecified atom stereocenters. The molecule has 82 valence electrons. The van der Waals surface area contributed by atoms with E-state index in [-0.39, 0.29) is 13.0 Å². The molecule has 3 nitrogen and oxygen atoms in total. The average molecular weight is 213 g/mol. The van der Waals surface area contributed by atoms with Gasteiger partial charge in [-0.1, -0.05) is 0 Å². The molecular weight excluding hydrogens is 200 g/mol. The molecule has 0 amide bonds. The highest BCUT2D eigenvalue weighted by Gasteiger charge is 2.39. The zero-order valence-electron chi connectivity index (χ0n) is 8.24. The van der Waals surface area contributed by atoms with E-state index in [2.05, 4.69) is 4.98 Å². The van der Waals surface area contributed by atoms with Crippen molar-refractivity contribution in [3.05, 3.63) is 24.5 Å². The lowest BCUT2D eigenvalue weighted by Crippen LogP contribution is -2.52. The van der Waals surface area contributed by atoms with E-state index in [1.165, 1.54) is 0 Å². The molecule has 0 radical (unpaired) electrons. The fourth-order valence-corrected chi connectivity index (χ4v) is 1.88. The van der Waals surface area contributed by atoms with E-state index in [1.54, 1.807) is 29.4 Å². The molecule has 15 heavy (non-hydrogen) atoms. The Morgan fingerprint density at radius 1 is 1.53 bits per heavy atom. The van der Waals surface area contributed by atoms with Gasteiger partial charge in [-0.3, -0.25) is 4.98 Å². The highest BCUT2D eigenvalue weighted by atomic mass is 19.3. The van der Waals surface area contributed by atoms with E-state index in [0.29, 0.717) is 12.2 Å². The second kappa shape index (κ2) is 3.73. The number of hydrogen-bond donors (Lipinski definition) is 1.